The van der Waals surface area contributed by atoms with Gasteiger partial charge in [0, 0.05) is 29.6 Å². The molecule has 4 rings (SSSR count). The van der Waals surface area contributed by atoms with Gasteiger partial charge in [0.25, 0.3) is 0 Å². The fourth-order valence-electron chi connectivity index (χ4n) is 2.81. The number of hydrogen-bond acceptors (Lipinski definition) is 4. The number of aromatic nitrogens is 1. The molecular formula is C19H16FN3OS. The topological polar surface area (TPSA) is 54.0 Å². The number of carbonyl (C=O) groups excluding carboxylic acids is 1. The molecule has 0 spiro atoms. The van der Waals surface area contributed by atoms with Gasteiger partial charge in [-0.05, 0) is 41.8 Å². The second-order valence-corrected chi connectivity index (χ2v) is 6.80. The number of benzene rings is 2. The van der Waals surface area contributed by atoms with Crippen molar-refractivity contribution in [3.8, 4) is 11.3 Å². The van der Waals surface area contributed by atoms with Gasteiger partial charge in [-0.1, -0.05) is 18.2 Å². The zero-order valence-corrected chi connectivity index (χ0v) is 14.2. The van der Waals surface area contributed by atoms with E-state index in [0.29, 0.717) is 13.0 Å². The van der Waals surface area contributed by atoms with E-state index in [2.05, 4.69) is 21.7 Å². The molecule has 0 saturated heterocycles. The molecule has 25 heavy (non-hydrogen) atoms. The van der Waals surface area contributed by atoms with E-state index in [1.807, 2.05) is 17.5 Å². The van der Waals surface area contributed by atoms with Crippen LogP contribution in [0.1, 0.15) is 17.5 Å². The molecule has 1 aliphatic heterocycles. The molecule has 2 aromatic carbocycles. The summed E-state index contributed by atoms with van der Waals surface area (Å²) in [5.41, 5.74) is 4.99. The first-order valence-electron chi connectivity index (χ1n) is 8.04. The minimum Gasteiger partial charge on any atom is -0.357 e. The first-order chi connectivity index (χ1) is 12.2. The highest BCUT2D eigenvalue weighted by Crippen LogP contribution is 2.30. The summed E-state index contributed by atoms with van der Waals surface area (Å²) in [6, 6.07) is 12.4. The van der Waals surface area contributed by atoms with E-state index in [-0.39, 0.29) is 11.7 Å². The molecule has 2 heterocycles. The SMILES string of the molecule is O=C1CCc2cc(-c3csc(NCc4ccc(F)cc4)n3)ccc2N1. The van der Waals surface area contributed by atoms with Crippen LogP contribution in [-0.4, -0.2) is 10.9 Å². The van der Waals surface area contributed by atoms with E-state index in [4.69, 9.17) is 0 Å². The maximum absolute atomic E-state index is 12.9. The van der Waals surface area contributed by atoms with Crippen LogP contribution in [0.2, 0.25) is 0 Å². The van der Waals surface area contributed by atoms with Crippen LogP contribution >= 0.6 is 11.3 Å². The molecule has 0 unspecified atom stereocenters. The normalized spacial score (nSPS) is 13.2. The van der Waals surface area contributed by atoms with Crippen LogP contribution in [-0.2, 0) is 17.8 Å². The Labute approximate surface area is 148 Å². The molecule has 126 valence electrons. The summed E-state index contributed by atoms with van der Waals surface area (Å²) < 4.78 is 12.9. The van der Waals surface area contributed by atoms with E-state index in [9.17, 15) is 9.18 Å². The molecule has 0 saturated carbocycles. The molecule has 1 amide bonds. The molecular weight excluding hydrogens is 337 g/mol. The third kappa shape index (κ3) is 3.53. The number of fused-ring (bicyclic) bond motifs is 1. The Hall–Kier alpha value is -2.73. The first-order valence-corrected chi connectivity index (χ1v) is 8.92. The molecule has 0 bridgehead atoms. The van der Waals surface area contributed by atoms with Gasteiger partial charge in [-0.2, -0.15) is 0 Å². The standard InChI is InChI=1S/C19H16FN3OS/c20-15-5-1-12(2-6-15)10-21-19-23-17(11-25-19)14-3-7-16-13(9-14)4-8-18(24)22-16/h1-3,5-7,9,11H,4,8,10H2,(H,21,23)(H,22,24). The fraction of sp³-hybridized carbons (Fsp3) is 0.158. The maximum Gasteiger partial charge on any atom is 0.224 e. The van der Waals surface area contributed by atoms with Crippen LogP contribution in [0.25, 0.3) is 11.3 Å². The summed E-state index contributed by atoms with van der Waals surface area (Å²) in [4.78, 5) is 16.1. The number of hydrogen-bond donors (Lipinski definition) is 2. The van der Waals surface area contributed by atoms with Crippen molar-refractivity contribution in [2.75, 3.05) is 10.6 Å². The zero-order valence-electron chi connectivity index (χ0n) is 13.4. The number of aryl methyl sites for hydroxylation is 1. The monoisotopic (exact) mass is 353 g/mol. The van der Waals surface area contributed by atoms with Gasteiger partial charge < -0.3 is 10.6 Å². The highest BCUT2D eigenvalue weighted by atomic mass is 32.1. The number of nitrogens with one attached hydrogen (secondary N) is 2. The predicted octanol–water partition coefficient (Wildman–Crippen LogP) is 4.45. The van der Waals surface area contributed by atoms with Gasteiger partial charge in [0.1, 0.15) is 5.82 Å². The average Bonchev–Trinajstić information content (AvgIpc) is 3.10. The number of amides is 1. The summed E-state index contributed by atoms with van der Waals surface area (Å²) in [6.45, 7) is 0.601. The molecule has 1 aromatic heterocycles. The van der Waals surface area contributed by atoms with Crippen LogP contribution in [0.4, 0.5) is 15.2 Å². The predicted molar refractivity (Wildman–Crippen MR) is 98.2 cm³/mol. The van der Waals surface area contributed by atoms with Crippen LogP contribution in [0.3, 0.4) is 0 Å². The van der Waals surface area contributed by atoms with Crippen molar-refractivity contribution in [2.24, 2.45) is 0 Å². The minimum atomic E-state index is -0.233. The van der Waals surface area contributed by atoms with Crippen LogP contribution in [0, 0.1) is 5.82 Å². The molecule has 0 radical (unpaired) electrons. The van der Waals surface area contributed by atoms with E-state index < -0.39 is 0 Å². The van der Waals surface area contributed by atoms with Crippen molar-refractivity contribution >= 4 is 28.1 Å². The second-order valence-electron chi connectivity index (χ2n) is 5.94. The van der Waals surface area contributed by atoms with E-state index >= 15 is 0 Å². The number of carbonyl (C=O) groups is 1. The first kappa shape index (κ1) is 15.8. The van der Waals surface area contributed by atoms with Gasteiger partial charge in [-0.15, -0.1) is 11.3 Å². The van der Waals surface area contributed by atoms with Crippen molar-refractivity contribution in [1.29, 1.82) is 0 Å². The Kier molecular flexibility index (Phi) is 4.19. The number of anilines is 2. The Balaban J connectivity index is 1.47. The van der Waals surface area contributed by atoms with Gasteiger partial charge in [0.2, 0.25) is 5.91 Å². The Bertz CT molecular complexity index is 921. The smallest absolute Gasteiger partial charge is 0.224 e. The van der Waals surface area contributed by atoms with Crippen LogP contribution < -0.4 is 10.6 Å². The number of rotatable bonds is 4. The summed E-state index contributed by atoms with van der Waals surface area (Å²) in [5.74, 6) is -0.162. The third-order valence-electron chi connectivity index (χ3n) is 4.16. The largest absolute Gasteiger partial charge is 0.357 e. The lowest BCUT2D eigenvalue weighted by Gasteiger charge is -2.17. The Morgan fingerprint density at radius 3 is 2.84 bits per heavy atom. The van der Waals surface area contributed by atoms with Crippen LogP contribution in [0.5, 0.6) is 0 Å². The van der Waals surface area contributed by atoms with Crippen molar-refractivity contribution in [2.45, 2.75) is 19.4 Å². The van der Waals surface area contributed by atoms with Crippen molar-refractivity contribution in [3.63, 3.8) is 0 Å². The molecule has 2 N–H and O–H groups in total. The molecule has 6 heteroatoms. The van der Waals surface area contributed by atoms with Crippen molar-refractivity contribution in [1.82, 2.24) is 4.98 Å². The molecule has 0 atom stereocenters. The van der Waals surface area contributed by atoms with E-state index in [0.717, 1.165) is 39.6 Å². The Morgan fingerprint density at radius 1 is 1.16 bits per heavy atom. The zero-order chi connectivity index (χ0) is 17.2. The van der Waals surface area contributed by atoms with E-state index in [1.165, 1.54) is 23.5 Å². The van der Waals surface area contributed by atoms with Gasteiger partial charge in [0.05, 0.1) is 5.69 Å². The molecule has 0 aliphatic carbocycles. The second kappa shape index (κ2) is 6.64. The summed E-state index contributed by atoms with van der Waals surface area (Å²) >= 11 is 1.54. The lowest BCUT2D eigenvalue weighted by molar-refractivity contribution is -0.116. The average molecular weight is 353 g/mol. The number of thiazole rings is 1. The lowest BCUT2D eigenvalue weighted by Crippen LogP contribution is -2.18. The Morgan fingerprint density at radius 2 is 2.00 bits per heavy atom. The van der Waals surface area contributed by atoms with Gasteiger partial charge >= 0.3 is 0 Å². The minimum absolute atomic E-state index is 0.0705. The molecule has 3 aromatic rings. The summed E-state index contributed by atoms with van der Waals surface area (Å²) in [5, 5.41) is 8.99. The molecule has 0 fully saturated rings. The highest BCUT2D eigenvalue weighted by molar-refractivity contribution is 7.14. The van der Waals surface area contributed by atoms with Crippen LogP contribution in [0.15, 0.2) is 47.8 Å². The van der Waals surface area contributed by atoms with Crippen molar-refractivity contribution in [3.05, 3.63) is 64.8 Å². The van der Waals surface area contributed by atoms with E-state index in [1.54, 1.807) is 12.1 Å². The molecule has 4 nitrogen and oxygen atoms in total. The quantitative estimate of drug-likeness (QED) is 0.729. The maximum atomic E-state index is 12.9. The summed E-state index contributed by atoms with van der Waals surface area (Å²) in [6.07, 6.45) is 1.28. The number of nitrogens with zero attached hydrogens (tertiary/aromatic N) is 1. The third-order valence-corrected chi connectivity index (χ3v) is 4.96. The lowest BCUT2D eigenvalue weighted by atomic mass is 9.99. The van der Waals surface area contributed by atoms with Crippen molar-refractivity contribution < 1.29 is 9.18 Å². The van der Waals surface area contributed by atoms with Gasteiger partial charge in [-0.25, -0.2) is 9.37 Å². The molecule has 1 aliphatic rings. The van der Waals surface area contributed by atoms with Gasteiger partial charge in [-0.3, -0.25) is 4.79 Å². The number of halogens is 1. The fourth-order valence-corrected chi connectivity index (χ4v) is 3.53. The summed E-state index contributed by atoms with van der Waals surface area (Å²) in [7, 11) is 0. The van der Waals surface area contributed by atoms with Gasteiger partial charge in [0.15, 0.2) is 5.13 Å². The highest BCUT2D eigenvalue weighted by Gasteiger charge is 2.15.